The topological polar surface area (TPSA) is 60.8 Å². The van der Waals surface area contributed by atoms with Crippen LogP contribution >= 0.6 is 0 Å². The third-order valence-corrected chi connectivity index (χ3v) is 2.17. The second-order valence-corrected chi connectivity index (χ2v) is 3.88. The fourth-order valence-corrected chi connectivity index (χ4v) is 0.654. The molecule has 90 valence electrons. The number of hydrogen-bond donors (Lipinski definition) is 2. The SMILES string of the molecule is CC(C)N(C)C.O=C(O)c1ccccc1O. The van der Waals surface area contributed by atoms with Crippen LogP contribution in [0.2, 0.25) is 0 Å². The number of benzene rings is 1. The Balaban J connectivity index is 0.000000325. The summed E-state index contributed by atoms with van der Waals surface area (Å²) in [6, 6.07) is 6.50. The van der Waals surface area contributed by atoms with Crippen LogP contribution in [0.1, 0.15) is 24.2 Å². The van der Waals surface area contributed by atoms with E-state index in [2.05, 4.69) is 32.8 Å². The van der Waals surface area contributed by atoms with Gasteiger partial charge in [0.25, 0.3) is 0 Å². The van der Waals surface area contributed by atoms with Gasteiger partial charge in [0.15, 0.2) is 0 Å². The van der Waals surface area contributed by atoms with Crippen LogP contribution in [-0.2, 0) is 0 Å². The maximum Gasteiger partial charge on any atom is 0.339 e. The van der Waals surface area contributed by atoms with Crippen LogP contribution in [0, 0.1) is 0 Å². The van der Waals surface area contributed by atoms with Gasteiger partial charge in [-0.25, -0.2) is 4.79 Å². The van der Waals surface area contributed by atoms with Crippen LogP contribution in [0.25, 0.3) is 0 Å². The summed E-state index contributed by atoms with van der Waals surface area (Å²) in [4.78, 5) is 12.4. The Hall–Kier alpha value is -1.55. The number of hydrogen-bond acceptors (Lipinski definition) is 3. The lowest BCUT2D eigenvalue weighted by Crippen LogP contribution is -2.20. The highest BCUT2D eigenvalue weighted by Crippen LogP contribution is 2.14. The molecule has 0 unspecified atom stereocenters. The van der Waals surface area contributed by atoms with Crippen LogP contribution in [0.15, 0.2) is 24.3 Å². The Kier molecular flexibility index (Phi) is 6.18. The molecule has 0 fully saturated rings. The highest BCUT2D eigenvalue weighted by Gasteiger charge is 2.05. The van der Waals surface area contributed by atoms with Gasteiger partial charge in [-0.15, -0.1) is 0 Å². The minimum absolute atomic E-state index is 0.0671. The van der Waals surface area contributed by atoms with Crippen molar-refractivity contribution < 1.29 is 15.0 Å². The first-order valence-electron chi connectivity index (χ1n) is 5.04. The molecule has 0 heterocycles. The third kappa shape index (κ3) is 5.36. The van der Waals surface area contributed by atoms with E-state index in [9.17, 15) is 4.79 Å². The summed E-state index contributed by atoms with van der Waals surface area (Å²) in [6.45, 7) is 4.33. The van der Waals surface area contributed by atoms with Crippen molar-refractivity contribution in [1.82, 2.24) is 4.90 Å². The summed E-state index contributed by atoms with van der Waals surface area (Å²) in [7, 11) is 4.15. The summed E-state index contributed by atoms with van der Waals surface area (Å²) in [5, 5.41) is 17.3. The smallest absolute Gasteiger partial charge is 0.339 e. The minimum atomic E-state index is -1.11. The van der Waals surface area contributed by atoms with Crippen molar-refractivity contribution in [2.24, 2.45) is 0 Å². The predicted octanol–water partition coefficient (Wildman–Crippen LogP) is 2.05. The molecule has 4 nitrogen and oxygen atoms in total. The molecule has 2 N–H and O–H groups in total. The van der Waals surface area contributed by atoms with Crippen LogP contribution in [0.3, 0.4) is 0 Å². The van der Waals surface area contributed by atoms with Gasteiger partial charge < -0.3 is 15.1 Å². The molecule has 0 spiro atoms. The number of aromatic hydroxyl groups is 1. The van der Waals surface area contributed by atoms with Gasteiger partial charge in [-0.05, 0) is 40.1 Å². The molecule has 4 heteroatoms. The van der Waals surface area contributed by atoms with E-state index in [1.807, 2.05) is 0 Å². The first-order valence-corrected chi connectivity index (χ1v) is 5.04. The van der Waals surface area contributed by atoms with E-state index < -0.39 is 5.97 Å². The second kappa shape index (κ2) is 6.85. The molecule has 0 amide bonds. The Morgan fingerprint density at radius 2 is 1.69 bits per heavy atom. The molecular formula is C12H19NO3. The lowest BCUT2D eigenvalue weighted by atomic mass is 10.2. The van der Waals surface area contributed by atoms with Gasteiger partial charge in [-0.2, -0.15) is 0 Å². The molecule has 0 aliphatic heterocycles. The molecule has 1 rings (SSSR count). The molecule has 16 heavy (non-hydrogen) atoms. The number of carboxylic acid groups (broad SMARTS) is 1. The molecule has 1 aromatic carbocycles. The quantitative estimate of drug-likeness (QED) is 0.808. The monoisotopic (exact) mass is 225 g/mol. The molecule has 0 bridgehead atoms. The van der Waals surface area contributed by atoms with Crippen molar-refractivity contribution in [2.45, 2.75) is 19.9 Å². The van der Waals surface area contributed by atoms with Crippen LogP contribution < -0.4 is 0 Å². The van der Waals surface area contributed by atoms with Crippen LogP contribution in [-0.4, -0.2) is 41.2 Å². The van der Waals surface area contributed by atoms with Gasteiger partial charge in [0, 0.05) is 6.04 Å². The number of carbonyl (C=O) groups is 1. The standard InChI is InChI=1S/C7H6O3.C5H13N/c8-6-4-2-1-3-5(6)7(9)10;1-5(2)6(3)4/h1-4,8H,(H,9,10);5H,1-4H3. The summed E-state index contributed by atoms with van der Waals surface area (Å²) in [6.07, 6.45) is 0. The van der Waals surface area contributed by atoms with Crippen molar-refractivity contribution in [1.29, 1.82) is 0 Å². The molecule has 0 aliphatic carbocycles. The first kappa shape index (κ1) is 14.5. The molecule has 0 aromatic heterocycles. The zero-order valence-electron chi connectivity index (χ0n) is 10.1. The second-order valence-electron chi connectivity index (χ2n) is 3.88. The van der Waals surface area contributed by atoms with Crippen molar-refractivity contribution in [2.75, 3.05) is 14.1 Å². The summed E-state index contributed by atoms with van der Waals surface area (Å²) in [5.41, 5.74) is -0.0671. The Morgan fingerprint density at radius 3 is 1.94 bits per heavy atom. The van der Waals surface area contributed by atoms with Crippen LogP contribution in [0.5, 0.6) is 5.75 Å². The van der Waals surface area contributed by atoms with Gasteiger partial charge >= 0.3 is 5.97 Å². The van der Waals surface area contributed by atoms with E-state index >= 15 is 0 Å². The van der Waals surface area contributed by atoms with Crippen molar-refractivity contribution in [3.63, 3.8) is 0 Å². The maximum absolute atomic E-state index is 10.3. The number of phenols is 1. The number of carboxylic acids is 1. The molecule has 0 saturated heterocycles. The van der Waals surface area contributed by atoms with E-state index in [0.29, 0.717) is 6.04 Å². The normalized spacial score (nSPS) is 9.88. The fourth-order valence-electron chi connectivity index (χ4n) is 0.654. The lowest BCUT2D eigenvalue weighted by Gasteiger charge is -2.12. The molecular weight excluding hydrogens is 206 g/mol. The fraction of sp³-hybridized carbons (Fsp3) is 0.417. The van der Waals surface area contributed by atoms with Gasteiger partial charge in [0.1, 0.15) is 11.3 Å². The largest absolute Gasteiger partial charge is 0.507 e. The van der Waals surface area contributed by atoms with Crippen molar-refractivity contribution in [3.05, 3.63) is 29.8 Å². The minimum Gasteiger partial charge on any atom is -0.507 e. The number of aromatic carboxylic acids is 1. The molecule has 0 aliphatic rings. The van der Waals surface area contributed by atoms with E-state index in [0.717, 1.165) is 0 Å². The van der Waals surface area contributed by atoms with Crippen molar-refractivity contribution >= 4 is 5.97 Å². The summed E-state index contributed by atoms with van der Waals surface area (Å²) >= 11 is 0. The van der Waals surface area contributed by atoms with E-state index in [-0.39, 0.29) is 11.3 Å². The van der Waals surface area contributed by atoms with Gasteiger partial charge in [0.2, 0.25) is 0 Å². The Bertz CT molecular complexity index is 329. The van der Waals surface area contributed by atoms with E-state index in [1.165, 1.54) is 12.1 Å². The van der Waals surface area contributed by atoms with Crippen molar-refractivity contribution in [3.8, 4) is 5.75 Å². The lowest BCUT2D eigenvalue weighted by molar-refractivity contribution is 0.0694. The Labute approximate surface area is 96.1 Å². The molecule has 0 radical (unpaired) electrons. The highest BCUT2D eigenvalue weighted by molar-refractivity contribution is 5.90. The number of para-hydroxylation sites is 1. The zero-order chi connectivity index (χ0) is 12.7. The average Bonchev–Trinajstić information content (AvgIpc) is 2.18. The highest BCUT2D eigenvalue weighted by atomic mass is 16.4. The Morgan fingerprint density at radius 1 is 1.25 bits per heavy atom. The third-order valence-electron chi connectivity index (χ3n) is 2.17. The maximum atomic E-state index is 10.3. The van der Waals surface area contributed by atoms with Crippen LogP contribution in [0.4, 0.5) is 0 Å². The van der Waals surface area contributed by atoms with Gasteiger partial charge in [0.05, 0.1) is 0 Å². The summed E-state index contributed by atoms with van der Waals surface area (Å²) in [5.74, 6) is -1.31. The van der Waals surface area contributed by atoms with E-state index in [4.69, 9.17) is 10.2 Å². The van der Waals surface area contributed by atoms with Gasteiger partial charge in [-0.3, -0.25) is 0 Å². The van der Waals surface area contributed by atoms with Gasteiger partial charge in [-0.1, -0.05) is 12.1 Å². The van der Waals surface area contributed by atoms with E-state index in [1.54, 1.807) is 12.1 Å². The first-order chi connectivity index (χ1) is 7.36. The zero-order valence-corrected chi connectivity index (χ0v) is 10.1. The number of nitrogens with zero attached hydrogens (tertiary/aromatic N) is 1. The molecule has 0 saturated carbocycles. The predicted molar refractivity (Wildman–Crippen MR) is 63.9 cm³/mol. The summed E-state index contributed by atoms with van der Waals surface area (Å²) < 4.78 is 0. The molecule has 0 atom stereocenters. The number of rotatable bonds is 2. The average molecular weight is 225 g/mol. The molecule has 1 aromatic rings.